The minimum atomic E-state index is -0.292. The van der Waals surface area contributed by atoms with Crippen molar-refractivity contribution >= 4 is 5.78 Å². The number of carbonyl (C=O) groups is 1. The Morgan fingerprint density at radius 1 is 0.891 bits per heavy atom. The average molecular weight is 617 g/mol. The largest absolute Gasteiger partial charge is 0.492 e. The minimum Gasteiger partial charge on any atom is -0.492 e. The average Bonchev–Trinajstić information content (AvgIpc) is 3.06. The van der Waals surface area contributed by atoms with Gasteiger partial charge in [-0.25, -0.2) is 9.97 Å². The van der Waals surface area contributed by atoms with Gasteiger partial charge in [0.05, 0.1) is 18.2 Å². The number of unbranched alkanes of at least 4 members (excludes halogenated alkanes) is 4. The van der Waals surface area contributed by atoms with Crippen LogP contribution in [0.5, 0.6) is 5.75 Å². The van der Waals surface area contributed by atoms with Crippen LogP contribution in [0.15, 0.2) is 79.1 Å². The molecule has 0 fully saturated rings. The third-order valence-corrected chi connectivity index (χ3v) is 8.46. The van der Waals surface area contributed by atoms with E-state index in [0.717, 1.165) is 40.7 Å². The molecule has 1 heterocycles. The van der Waals surface area contributed by atoms with Gasteiger partial charge in [0, 0.05) is 29.6 Å². The van der Waals surface area contributed by atoms with Crippen molar-refractivity contribution in [2.45, 2.75) is 97.6 Å². The zero-order valence-electron chi connectivity index (χ0n) is 28.3. The Morgan fingerprint density at radius 2 is 1.54 bits per heavy atom. The van der Waals surface area contributed by atoms with Crippen molar-refractivity contribution in [1.29, 1.82) is 5.26 Å². The molecule has 0 aliphatic rings. The van der Waals surface area contributed by atoms with Gasteiger partial charge in [-0.2, -0.15) is 5.26 Å². The molecule has 0 bridgehead atoms. The molecule has 6 nitrogen and oxygen atoms in total. The van der Waals surface area contributed by atoms with Crippen LogP contribution >= 0.6 is 0 Å². The Kier molecular flexibility index (Phi) is 12.2. The first kappa shape index (κ1) is 34.5. The molecule has 0 radical (unpaired) electrons. The summed E-state index contributed by atoms with van der Waals surface area (Å²) in [5.41, 5.74) is 6.74. The topological polar surface area (TPSA) is 87.9 Å². The maximum absolute atomic E-state index is 12.6. The van der Waals surface area contributed by atoms with E-state index in [1.54, 1.807) is 19.3 Å². The summed E-state index contributed by atoms with van der Waals surface area (Å²) in [5, 5.41) is 13.2. The van der Waals surface area contributed by atoms with Crippen LogP contribution in [0, 0.1) is 11.3 Å². The van der Waals surface area contributed by atoms with E-state index in [1.807, 2.05) is 42.5 Å². The molecule has 240 valence electrons. The molecule has 4 aromatic rings. The molecular formula is C40H48N4O2. The smallest absolute Gasteiger partial charge is 0.159 e. The maximum atomic E-state index is 12.6. The van der Waals surface area contributed by atoms with E-state index in [-0.39, 0.29) is 23.3 Å². The SMILES string of the molecule is CCCCCCCOc1ccc(-c2cnc(-c3ccc(C[C@H](NC(C)c4ccc(C(C)(C)C)cc4)C(C)=O)cc3)nc2)cc1C#N. The highest BCUT2D eigenvalue weighted by molar-refractivity contribution is 5.82. The molecule has 0 aliphatic heterocycles. The first-order valence-electron chi connectivity index (χ1n) is 16.5. The lowest BCUT2D eigenvalue weighted by molar-refractivity contribution is -0.119. The summed E-state index contributed by atoms with van der Waals surface area (Å²) in [6.07, 6.45) is 9.98. The van der Waals surface area contributed by atoms with Crippen LogP contribution in [0.3, 0.4) is 0 Å². The number of hydrogen-bond donors (Lipinski definition) is 1. The Hall–Kier alpha value is -4.34. The maximum Gasteiger partial charge on any atom is 0.159 e. The summed E-state index contributed by atoms with van der Waals surface area (Å²) >= 11 is 0. The number of ether oxygens (including phenoxy) is 1. The van der Waals surface area contributed by atoms with E-state index in [0.29, 0.717) is 30.2 Å². The van der Waals surface area contributed by atoms with E-state index >= 15 is 0 Å². The van der Waals surface area contributed by atoms with Crippen molar-refractivity contribution in [2.75, 3.05) is 6.61 Å². The number of nitrogens with one attached hydrogen (secondary N) is 1. The number of ketones is 1. The number of benzene rings is 3. The van der Waals surface area contributed by atoms with Crippen LogP contribution in [0.25, 0.3) is 22.5 Å². The van der Waals surface area contributed by atoms with Gasteiger partial charge in [-0.15, -0.1) is 0 Å². The minimum absolute atomic E-state index is 0.0439. The lowest BCUT2D eigenvalue weighted by Crippen LogP contribution is -2.38. The number of aromatic nitrogens is 2. The summed E-state index contributed by atoms with van der Waals surface area (Å²) < 4.78 is 5.90. The van der Waals surface area contributed by atoms with E-state index in [9.17, 15) is 10.1 Å². The standard InChI is InChI=1S/C40H48N4O2/c1-7-8-9-10-11-22-46-38-21-18-33(24-34(38)25-41)35-26-42-39(43-27-35)32-14-12-30(13-15-32)23-37(29(3)45)44-28(2)31-16-19-36(20-17-31)40(4,5)6/h12-21,24,26-28,37,44H,7-11,22-23H2,1-6H3/t28?,37-/m0/s1. The normalized spacial score (nSPS) is 12.7. The number of nitrogens with zero attached hydrogens (tertiary/aromatic N) is 3. The predicted molar refractivity (Wildman–Crippen MR) is 187 cm³/mol. The number of nitriles is 1. The highest BCUT2D eigenvalue weighted by Gasteiger charge is 2.20. The lowest BCUT2D eigenvalue weighted by Gasteiger charge is -2.24. The molecule has 0 saturated heterocycles. The molecule has 1 aromatic heterocycles. The fraction of sp³-hybridized carbons (Fsp3) is 0.400. The van der Waals surface area contributed by atoms with Gasteiger partial charge < -0.3 is 10.1 Å². The molecule has 0 amide bonds. The molecule has 0 saturated carbocycles. The number of rotatable bonds is 15. The molecule has 3 aromatic carbocycles. The summed E-state index contributed by atoms with van der Waals surface area (Å²) in [6.45, 7) is 13.2. The van der Waals surface area contributed by atoms with Crippen LogP contribution in [0.4, 0.5) is 0 Å². The van der Waals surface area contributed by atoms with Gasteiger partial charge in [-0.1, -0.05) is 108 Å². The predicted octanol–water partition coefficient (Wildman–Crippen LogP) is 9.18. The van der Waals surface area contributed by atoms with Crippen molar-refractivity contribution in [1.82, 2.24) is 15.3 Å². The highest BCUT2D eigenvalue weighted by atomic mass is 16.5. The second-order valence-electron chi connectivity index (χ2n) is 13.2. The summed E-state index contributed by atoms with van der Waals surface area (Å²) in [5.74, 6) is 1.35. The molecule has 6 heteroatoms. The summed E-state index contributed by atoms with van der Waals surface area (Å²) in [7, 11) is 0. The van der Waals surface area contributed by atoms with E-state index < -0.39 is 0 Å². The fourth-order valence-electron chi connectivity index (χ4n) is 5.45. The Bertz CT molecular complexity index is 1600. The molecule has 0 aliphatic carbocycles. The van der Waals surface area contributed by atoms with Crippen LogP contribution in [-0.2, 0) is 16.6 Å². The summed E-state index contributed by atoms with van der Waals surface area (Å²) in [6, 6.07) is 24.4. The van der Waals surface area contributed by atoms with Gasteiger partial charge in [0.25, 0.3) is 0 Å². The van der Waals surface area contributed by atoms with Crippen molar-refractivity contribution in [3.05, 3.63) is 101 Å². The second kappa shape index (κ2) is 16.3. The molecule has 1 N–H and O–H groups in total. The molecule has 2 atom stereocenters. The van der Waals surface area contributed by atoms with Gasteiger partial charge in [-0.3, -0.25) is 4.79 Å². The zero-order valence-corrected chi connectivity index (χ0v) is 28.3. The Labute approximate surface area is 275 Å². The second-order valence-corrected chi connectivity index (χ2v) is 13.2. The van der Waals surface area contributed by atoms with E-state index in [1.165, 1.54) is 24.8 Å². The van der Waals surface area contributed by atoms with Gasteiger partial charge in [0.2, 0.25) is 0 Å². The molecular weight excluding hydrogens is 568 g/mol. The number of hydrogen-bond acceptors (Lipinski definition) is 6. The van der Waals surface area contributed by atoms with Gasteiger partial charge in [-0.05, 0) is 66.5 Å². The van der Waals surface area contributed by atoms with Gasteiger partial charge in [0.15, 0.2) is 5.82 Å². The van der Waals surface area contributed by atoms with Crippen molar-refractivity contribution in [2.24, 2.45) is 0 Å². The first-order chi connectivity index (χ1) is 22.1. The summed E-state index contributed by atoms with van der Waals surface area (Å²) in [4.78, 5) is 21.8. The van der Waals surface area contributed by atoms with Crippen LogP contribution < -0.4 is 10.1 Å². The zero-order chi connectivity index (χ0) is 33.1. The van der Waals surface area contributed by atoms with Crippen molar-refractivity contribution in [3.8, 4) is 34.3 Å². The van der Waals surface area contributed by atoms with Crippen LogP contribution in [0.1, 0.15) is 102 Å². The third kappa shape index (κ3) is 9.58. The van der Waals surface area contributed by atoms with Crippen LogP contribution in [0.2, 0.25) is 0 Å². The quantitative estimate of drug-likeness (QED) is 0.134. The molecule has 0 spiro atoms. The number of Topliss-reactive ketones (excluding diaryl/α,β-unsaturated/α-hetero) is 1. The highest BCUT2D eigenvalue weighted by Crippen LogP contribution is 2.28. The lowest BCUT2D eigenvalue weighted by atomic mass is 9.86. The van der Waals surface area contributed by atoms with Crippen molar-refractivity contribution in [3.63, 3.8) is 0 Å². The molecule has 4 rings (SSSR count). The molecule has 1 unspecified atom stereocenters. The van der Waals surface area contributed by atoms with Gasteiger partial charge >= 0.3 is 0 Å². The van der Waals surface area contributed by atoms with E-state index in [4.69, 9.17) is 4.74 Å². The Balaban J connectivity index is 1.37. The monoisotopic (exact) mass is 616 g/mol. The molecule has 46 heavy (non-hydrogen) atoms. The van der Waals surface area contributed by atoms with Crippen molar-refractivity contribution < 1.29 is 9.53 Å². The number of carbonyl (C=O) groups excluding carboxylic acids is 1. The van der Waals surface area contributed by atoms with E-state index in [2.05, 4.69) is 80.2 Å². The van der Waals surface area contributed by atoms with Crippen LogP contribution in [-0.4, -0.2) is 28.4 Å². The third-order valence-electron chi connectivity index (χ3n) is 8.46. The Morgan fingerprint density at radius 3 is 2.15 bits per heavy atom. The van der Waals surface area contributed by atoms with Gasteiger partial charge in [0.1, 0.15) is 17.6 Å². The first-order valence-corrected chi connectivity index (χ1v) is 16.5. The fourth-order valence-corrected chi connectivity index (χ4v) is 5.45.